The molecule has 2 rings (SSSR count). The number of benzene rings is 1. The van der Waals surface area contributed by atoms with E-state index in [2.05, 4.69) is 37.4 Å². The zero-order valence-corrected chi connectivity index (χ0v) is 13.1. The van der Waals surface area contributed by atoms with Gasteiger partial charge in [0.25, 0.3) is 0 Å². The molecule has 1 aliphatic carbocycles. The predicted octanol–water partition coefficient (Wildman–Crippen LogP) is 4.25. The molecule has 1 saturated carbocycles. The average molecular weight is 275 g/mol. The minimum absolute atomic E-state index is 0.753. The largest absolute Gasteiger partial charge is 0.494 e. The van der Waals surface area contributed by atoms with Crippen LogP contribution in [0.2, 0.25) is 0 Å². The number of nitrogens with one attached hydrogen (secondary N) is 1. The number of aryl methyl sites for hydroxylation is 2. The van der Waals surface area contributed by atoms with Crippen LogP contribution in [0, 0.1) is 6.92 Å². The zero-order chi connectivity index (χ0) is 14.2. The van der Waals surface area contributed by atoms with Gasteiger partial charge in [-0.25, -0.2) is 0 Å². The van der Waals surface area contributed by atoms with Crippen LogP contribution in [0.25, 0.3) is 0 Å². The molecule has 112 valence electrons. The van der Waals surface area contributed by atoms with Gasteiger partial charge in [0, 0.05) is 6.04 Å². The van der Waals surface area contributed by atoms with E-state index < -0.39 is 0 Å². The summed E-state index contributed by atoms with van der Waals surface area (Å²) < 4.78 is 5.71. The lowest BCUT2D eigenvalue weighted by Gasteiger charge is -2.11. The average Bonchev–Trinajstić information content (AvgIpc) is 3.25. The molecule has 20 heavy (non-hydrogen) atoms. The van der Waals surface area contributed by atoms with Crippen molar-refractivity contribution in [3.63, 3.8) is 0 Å². The Morgan fingerprint density at radius 3 is 2.70 bits per heavy atom. The van der Waals surface area contributed by atoms with E-state index in [1.54, 1.807) is 0 Å². The third-order valence-electron chi connectivity index (χ3n) is 3.90. The summed E-state index contributed by atoms with van der Waals surface area (Å²) in [6, 6.07) is 7.39. The standard InChI is InChI=1S/C18H29NO/c1-3-20-18-12-9-15(2)14-16(18)8-6-4-5-7-13-19-17-10-11-17/h9,12,14,17,19H,3-8,10-11,13H2,1-2H3. The van der Waals surface area contributed by atoms with E-state index >= 15 is 0 Å². The highest BCUT2D eigenvalue weighted by Gasteiger charge is 2.19. The number of hydrogen-bond acceptors (Lipinski definition) is 2. The Kier molecular flexibility index (Phi) is 6.38. The number of hydrogen-bond donors (Lipinski definition) is 1. The maximum atomic E-state index is 5.71. The van der Waals surface area contributed by atoms with Crippen LogP contribution in [0.1, 0.15) is 56.6 Å². The molecule has 0 heterocycles. The van der Waals surface area contributed by atoms with Crippen molar-refractivity contribution in [1.82, 2.24) is 5.32 Å². The molecule has 1 aromatic rings. The van der Waals surface area contributed by atoms with Crippen molar-refractivity contribution in [2.45, 2.75) is 64.8 Å². The topological polar surface area (TPSA) is 21.3 Å². The van der Waals surface area contributed by atoms with Gasteiger partial charge in [0.1, 0.15) is 5.75 Å². The van der Waals surface area contributed by atoms with Crippen LogP contribution in [0.5, 0.6) is 5.75 Å². The summed E-state index contributed by atoms with van der Waals surface area (Å²) in [7, 11) is 0. The Balaban J connectivity index is 1.63. The van der Waals surface area contributed by atoms with Gasteiger partial charge in [0.05, 0.1) is 6.61 Å². The van der Waals surface area contributed by atoms with Crippen LogP contribution < -0.4 is 10.1 Å². The Hall–Kier alpha value is -1.02. The van der Waals surface area contributed by atoms with E-state index in [9.17, 15) is 0 Å². The van der Waals surface area contributed by atoms with Crippen molar-refractivity contribution in [3.05, 3.63) is 29.3 Å². The summed E-state index contributed by atoms with van der Waals surface area (Å²) >= 11 is 0. The monoisotopic (exact) mass is 275 g/mol. The van der Waals surface area contributed by atoms with Crippen molar-refractivity contribution in [1.29, 1.82) is 0 Å². The molecule has 1 aliphatic rings. The Morgan fingerprint density at radius 2 is 1.95 bits per heavy atom. The lowest BCUT2D eigenvalue weighted by atomic mass is 10.0. The van der Waals surface area contributed by atoms with Crippen LogP contribution in [0.3, 0.4) is 0 Å². The van der Waals surface area contributed by atoms with Crippen molar-refractivity contribution in [3.8, 4) is 5.75 Å². The first-order valence-electron chi connectivity index (χ1n) is 8.25. The second-order valence-corrected chi connectivity index (χ2v) is 5.94. The van der Waals surface area contributed by atoms with E-state index in [0.717, 1.165) is 24.8 Å². The molecule has 0 aliphatic heterocycles. The summed E-state index contributed by atoms with van der Waals surface area (Å²) in [5.41, 5.74) is 2.71. The van der Waals surface area contributed by atoms with Gasteiger partial charge in [-0.05, 0) is 64.1 Å². The van der Waals surface area contributed by atoms with E-state index in [4.69, 9.17) is 4.74 Å². The molecule has 0 radical (unpaired) electrons. The lowest BCUT2D eigenvalue weighted by molar-refractivity contribution is 0.336. The van der Waals surface area contributed by atoms with Crippen LogP contribution in [0.4, 0.5) is 0 Å². The third kappa shape index (κ3) is 5.54. The number of unbranched alkanes of at least 4 members (excludes halogenated alkanes) is 3. The van der Waals surface area contributed by atoms with E-state index in [0.29, 0.717) is 0 Å². The highest BCUT2D eigenvalue weighted by molar-refractivity contribution is 5.37. The molecule has 1 fully saturated rings. The fourth-order valence-electron chi connectivity index (χ4n) is 2.59. The first-order valence-corrected chi connectivity index (χ1v) is 8.25. The van der Waals surface area contributed by atoms with Gasteiger partial charge in [-0.1, -0.05) is 30.5 Å². The minimum atomic E-state index is 0.753. The molecular weight excluding hydrogens is 246 g/mol. The van der Waals surface area contributed by atoms with Crippen molar-refractivity contribution < 1.29 is 4.74 Å². The molecule has 0 atom stereocenters. The van der Waals surface area contributed by atoms with Gasteiger partial charge in [0.15, 0.2) is 0 Å². The molecular formula is C18H29NO. The fourth-order valence-corrected chi connectivity index (χ4v) is 2.59. The molecule has 1 N–H and O–H groups in total. The summed E-state index contributed by atoms with van der Waals surface area (Å²) in [5, 5.41) is 3.58. The molecule has 0 bridgehead atoms. The van der Waals surface area contributed by atoms with Crippen LogP contribution >= 0.6 is 0 Å². The Labute approximate surface area is 123 Å². The maximum Gasteiger partial charge on any atom is 0.122 e. The Morgan fingerprint density at radius 1 is 1.15 bits per heavy atom. The van der Waals surface area contributed by atoms with Gasteiger partial charge < -0.3 is 10.1 Å². The normalized spacial score (nSPS) is 14.5. The van der Waals surface area contributed by atoms with E-state index in [1.807, 2.05) is 0 Å². The van der Waals surface area contributed by atoms with Gasteiger partial charge in [-0.15, -0.1) is 0 Å². The maximum absolute atomic E-state index is 5.71. The van der Waals surface area contributed by atoms with E-state index in [1.165, 1.54) is 56.2 Å². The van der Waals surface area contributed by atoms with Crippen molar-refractivity contribution >= 4 is 0 Å². The molecule has 2 heteroatoms. The first-order chi connectivity index (χ1) is 9.79. The summed E-state index contributed by atoms with van der Waals surface area (Å²) in [6.07, 6.45) is 9.20. The minimum Gasteiger partial charge on any atom is -0.494 e. The quantitative estimate of drug-likeness (QED) is 0.645. The van der Waals surface area contributed by atoms with Gasteiger partial charge in [-0.3, -0.25) is 0 Å². The molecule has 2 nitrogen and oxygen atoms in total. The second-order valence-electron chi connectivity index (χ2n) is 5.94. The van der Waals surface area contributed by atoms with Gasteiger partial charge >= 0.3 is 0 Å². The number of rotatable bonds is 10. The summed E-state index contributed by atoms with van der Waals surface area (Å²) in [5.74, 6) is 1.08. The Bertz CT molecular complexity index is 398. The fraction of sp³-hybridized carbons (Fsp3) is 0.667. The molecule has 0 aromatic heterocycles. The summed E-state index contributed by atoms with van der Waals surface area (Å²) in [4.78, 5) is 0. The highest BCUT2D eigenvalue weighted by atomic mass is 16.5. The smallest absolute Gasteiger partial charge is 0.122 e. The zero-order valence-electron chi connectivity index (χ0n) is 13.1. The van der Waals surface area contributed by atoms with E-state index in [-0.39, 0.29) is 0 Å². The molecule has 0 spiro atoms. The molecule has 0 amide bonds. The lowest BCUT2D eigenvalue weighted by Crippen LogP contribution is -2.17. The second kappa shape index (κ2) is 8.31. The van der Waals surface area contributed by atoms with Crippen molar-refractivity contribution in [2.75, 3.05) is 13.2 Å². The highest BCUT2D eigenvalue weighted by Crippen LogP contribution is 2.22. The SMILES string of the molecule is CCOc1ccc(C)cc1CCCCCCNC1CC1. The van der Waals surface area contributed by atoms with Crippen LogP contribution in [0.15, 0.2) is 18.2 Å². The predicted molar refractivity (Wildman–Crippen MR) is 85.5 cm³/mol. The van der Waals surface area contributed by atoms with Crippen LogP contribution in [-0.4, -0.2) is 19.2 Å². The molecule has 0 saturated heterocycles. The first kappa shape index (κ1) is 15.4. The van der Waals surface area contributed by atoms with Crippen LogP contribution in [-0.2, 0) is 6.42 Å². The molecule has 1 aromatic carbocycles. The molecule has 0 unspecified atom stereocenters. The summed E-state index contributed by atoms with van der Waals surface area (Å²) in [6.45, 7) is 6.17. The van der Waals surface area contributed by atoms with Gasteiger partial charge in [0.2, 0.25) is 0 Å². The van der Waals surface area contributed by atoms with Gasteiger partial charge in [-0.2, -0.15) is 0 Å². The third-order valence-corrected chi connectivity index (χ3v) is 3.90. The van der Waals surface area contributed by atoms with Crippen molar-refractivity contribution in [2.24, 2.45) is 0 Å². The number of ether oxygens (including phenoxy) is 1.